The van der Waals surface area contributed by atoms with Crippen LogP contribution in [0.3, 0.4) is 0 Å². The Bertz CT molecular complexity index is 646. The van der Waals surface area contributed by atoms with Crippen molar-refractivity contribution >= 4 is 0 Å². The highest BCUT2D eigenvalue weighted by atomic mass is 19.1. The Kier molecular flexibility index (Phi) is 5.90. The lowest BCUT2D eigenvalue weighted by Crippen LogP contribution is -2.34. The van der Waals surface area contributed by atoms with Crippen LogP contribution >= 0.6 is 0 Å². The van der Waals surface area contributed by atoms with Crippen LogP contribution in [-0.2, 0) is 0 Å². The molecular formula is C25H35FO. The molecule has 3 saturated carbocycles. The maximum Gasteiger partial charge on any atom is 0.165 e. The summed E-state index contributed by atoms with van der Waals surface area (Å²) < 4.78 is 19.1. The van der Waals surface area contributed by atoms with E-state index in [0.717, 1.165) is 29.6 Å². The zero-order chi connectivity index (χ0) is 18.8. The zero-order valence-corrected chi connectivity index (χ0v) is 16.8. The lowest BCUT2D eigenvalue weighted by Gasteiger charge is -2.45. The predicted octanol–water partition coefficient (Wildman–Crippen LogP) is 7.13. The van der Waals surface area contributed by atoms with Crippen LogP contribution < -0.4 is 4.74 Å². The molecule has 0 aromatic heterocycles. The van der Waals surface area contributed by atoms with Gasteiger partial charge in [0.25, 0.3) is 0 Å². The largest absolute Gasteiger partial charge is 0.494 e. The summed E-state index contributed by atoms with van der Waals surface area (Å²) in [5, 5.41) is 0. The van der Waals surface area contributed by atoms with Gasteiger partial charge in [-0.15, -0.1) is 6.58 Å². The van der Waals surface area contributed by atoms with Crippen molar-refractivity contribution < 1.29 is 9.13 Å². The number of allylic oxidation sites excluding steroid dienone is 1. The Labute approximate surface area is 164 Å². The van der Waals surface area contributed by atoms with Gasteiger partial charge < -0.3 is 4.74 Å². The molecular weight excluding hydrogens is 335 g/mol. The molecule has 0 amide bonds. The summed E-state index contributed by atoms with van der Waals surface area (Å²) in [6.45, 7) is 4.03. The second-order valence-corrected chi connectivity index (χ2v) is 9.41. The second-order valence-electron chi connectivity index (χ2n) is 9.41. The highest BCUT2D eigenvalue weighted by molar-refractivity contribution is 5.31. The number of benzene rings is 1. The third-order valence-electron chi connectivity index (χ3n) is 8.11. The van der Waals surface area contributed by atoms with Gasteiger partial charge in [-0.05, 0) is 117 Å². The van der Waals surface area contributed by atoms with Gasteiger partial charge in [-0.25, -0.2) is 4.39 Å². The first-order valence-electron chi connectivity index (χ1n) is 11.1. The monoisotopic (exact) mass is 370 g/mol. The van der Waals surface area contributed by atoms with Gasteiger partial charge in [0.1, 0.15) is 0 Å². The number of hydrogen-bond donors (Lipinski definition) is 0. The number of rotatable bonds is 4. The lowest BCUT2D eigenvalue weighted by atomic mass is 9.61. The van der Waals surface area contributed by atoms with E-state index >= 15 is 0 Å². The smallest absolute Gasteiger partial charge is 0.165 e. The van der Waals surface area contributed by atoms with Crippen molar-refractivity contribution in [2.24, 2.45) is 29.6 Å². The SMILES string of the molecule is C=CC1CCC2CC(C3CCC(c4ccc(OC)c(F)c4)CC3)CCC2C1. The molecule has 1 nitrogen and oxygen atoms in total. The van der Waals surface area contributed by atoms with Crippen molar-refractivity contribution in [3.05, 3.63) is 42.2 Å². The summed E-state index contributed by atoms with van der Waals surface area (Å²) in [4.78, 5) is 0. The minimum atomic E-state index is -0.217. The Balaban J connectivity index is 1.31. The normalized spacial score (nSPS) is 36.7. The van der Waals surface area contributed by atoms with Crippen molar-refractivity contribution in [3.63, 3.8) is 0 Å². The third-order valence-corrected chi connectivity index (χ3v) is 8.11. The average Bonchev–Trinajstić information content (AvgIpc) is 2.73. The molecule has 0 heterocycles. The molecule has 0 radical (unpaired) electrons. The van der Waals surface area contributed by atoms with E-state index in [9.17, 15) is 4.39 Å². The van der Waals surface area contributed by atoms with E-state index in [1.807, 2.05) is 0 Å². The molecule has 2 heteroatoms. The van der Waals surface area contributed by atoms with Gasteiger partial charge in [0.2, 0.25) is 0 Å². The summed E-state index contributed by atoms with van der Waals surface area (Å²) >= 11 is 0. The maximum atomic E-state index is 14.1. The Hall–Kier alpha value is -1.31. The first-order chi connectivity index (χ1) is 13.2. The van der Waals surface area contributed by atoms with Crippen molar-refractivity contribution in [2.45, 2.75) is 70.1 Å². The van der Waals surface area contributed by atoms with Gasteiger partial charge in [0, 0.05) is 0 Å². The van der Waals surface area contributed by atoms with Gasteiger partial charge in [-0.3, -0.25) is 0 Å². The van der Waals surface area contributed by atoms with E-state index in [1.54, 1.807) is 12.1 Å². The van der Waals surface area contributed by atoms with Gasteiger partial charge in [-0.2, -0.15) is 0 Å². The van der Waals surface area contributed by atoms with Gasteiger partial charge in [0.15, 0.2) is 11.6 Å². The summed E-state index contributed by atoms with van der Waals surface area (Å²) in [5.74, 6) is 5.25. The van der Waals surface area contributed by atoms with Crippen LogP contribution in [0.4, 0.5) is 4.39 Å². The minimum Gasteiger partial charge on any atom is -0.494 e. The first-order valence-corrected chi connectivity index (χ1v) is 11.1. The molecule has 0 N–H and O–H groups in total. The van der Waals surface area contributed by atoms with Crippen molar-refractivity contribution in [1.82, 2.24) is 0 Å². The van der Waals surface area contributed by atoms with Gasteiger partial charge >= 0.3 is 0 Å². The van der Waals surface area contributed by atoms with Crippen LogP contribution in [0.15, 0.2) is 30.9 Å². The van der Waals surface area contributed by atoms with Crippen molar-refractivity contribution in [1.29, 1.82) is 0 Å². The second kappa shape index (κ2) is 8.37. The van der Waals surface area contributed by atoms with Crippen LogP contribution in [0.2, 0.25) is 0 Å². The fourth-order valence-electron chi connectivity index (χ4n) is 6.46. The fourth-order valence-corrected chi connectivity index (χ4v) is 6.46. The predicted molar refractivity (Wildman–Crippen MR) is 110 cm³/mol. The molecule has 0 spiro atoms. The van der Waals surface area contributed by atoms with Crippen molar-refractivity contribution in [3.8, 4) is 5.75 Å². The molecule has 0 aliphatic heterocycles. The molecule has 4 rings (SSSR count). The van der Waals surface area contributed by atoms with E-state index in [1.165, 1.54) is 76.9 Å². The Morgan fingerprint density at radius 3 is 2.19 bits per heavy atom. The van der Waals surface area contributed by atoms with Crippen molar-refractivity contribution in [2.75, 3.05) is 7.11 Å². The van der Waals surface area contributed by atoms with Crippen LogP contribution in [0, 0.1) is 35.4 Å². The van der Waals surface area contributed by atoms with E-state index in [2.05, 4.69) is 18.7 Å². The maximum absolute atomic E-state index is 14.1. The van der Waals surface area contributed by atoms with E-state index < -0.39 is 0 Å². The molecule has 0 bridgehead atoms. The summed E-state index contributed by atoms with van der Waals surface area (Å²) in [6, 6.07) is 5.56. The number of hydrogen-bond acceptors (Lipinski definition) is 1. The Morgan fingerprint density at radius 2 is 1.52 bits per heavy atom. The first kappa shape index (κ1) is 19.0. The Morgan fingerprint density at radius 1 is 0.889 bits per heavy atom. The lowest BCUT2D eigenvalue weighted by molar-refractivity contribution is 0.0719. The molecule has 0 saturated heterocycles. The minimum absolute atomic E-state index is 0.217. The highest BCUT2D eigenvalue weighted by Crippen LogP contribution is 2.50. The molecule has 1 aromatic rings. The molecule has 4 atom stereocenters. The van der Waals surface area contributed by atoms with E-state index in [-0.39, 0.29) is 5.82 Å². The zero-order valence-electron chi connectivity index (χ0n) is 16.8. The highest BCUT2D eigenvalue weighted by Gasteiger charge is 2.38. The van der Waals surface area contributed by atoms with Crippen LogP contribution in [0.1, 0.15) is 75.7 Å². The quantitative estimate of drug-likeness (QED) is 0.512. The standard InChI is InChI=1S/C25H35FO/c1-3-17-4-5-22-15-21(11-10-20(22)14-17)18-6-8-19(9-7-18)23-12-13-25(27-2)24(26)16-23/h3,12-13,16-22H,1,4-11,14-15H2,2H3. The number of fused-ring (bicyclic) bond motifs is 1. The number of halogens is 1. The molecule has 3 fully saturated rings. The number of methoxy groups -OCH3 is 1. The summed E-state index contributed by atoms with van der Waals surface area (Å²) in [6.07, 6.45) is 15.9. The summed E-state index contributed by atoms with van der Waals surface area (Å²) in [7, 11) is 1.53. The molecule has 1 aromatic carbocycles. The third kappa shape index (κ3) is 4.10. The topological polar surface area (TPSA) is 9.23 Å². The van der Waals surface area contributed by atoms with E-state index in [4.69, 9.17) is 4.74 Å². The molecule has 3 aliphatic rings. The van der Waals surface area contributed by atoms with Gasteiger partial charge in [0.05, 0.1) is 7.11 Å². The average molecular weight is 371 g/mol. The summed E-state index contributed by atoms with van der Waals surface area (Å²) in [5.41, 5.74) is 1.17. The fraction of sp³-hybridized carbons (Fsp3) is 0.680. The van der Waals surface area contributed by atoms with Crippen LogP contribution in [-0.4, -0.2) is 7.11 Å². The van der Waals surface area contributed by atoms with E-state index in [0.29, 0.717) is 11.7 Å². The number of ether oxygens (including phenoxy) is 1. The molecule has 148 valence electrons. The molecule has 27 heavy (non-hydrogen) atoms. The van der Waals surface area contributed by atoms with Crippen LogP contribution in [0.5, 0.6) is 5.75 Å². The molecule has 4 unspecified atom stereocenters. The van der Waals surface area contributed by atoms with Gasteiger partial charge in [-0.1, -0.05) is 12.1 Å². The van der Waals surface area contributed by atoms with Crippen LogP contribution in [0.25, 0.3) is 0 Å². The molecule has 3 aliphatic carbocycles.